The van der Waals surface area contributed by atoms with Gasteiger partial charge in [-0.15, -0.1) is 0 Å². The number of rotatable bonds is 4. The molecule has 0 atom stereocenters. The van der Waals surface area contributed by atoms with E-state index < -0.39 is 0 Å². The van der Waals surface area contributed by atoms with E-state index in [-0.39, 0.29) is 0 Å². The molecular weight excluding hydrogens is 238 g/mol. The highest BCUT2D eigenvalue weighted by Gasteiger charge is 2.12. The van der Waals surface area contributed by atoms with Gasteiger partial charge in [-0.1, -0.05) is 19.1 Å². The Kier molecular flexibility index (Phi) is 3.15. The summed E-state index contributed by atoms with van der Waals surface area (Å²) in [6.45, 7) is 3.76. The molecule has 4 heteroatoms. The summed E-state index contributed by atoms with van der Waals surface area (Å²) in [6, 6.07) is 6.43. The minimum atomic E-state index is 0.814. The predicted octanol–water partition coefficient (Wildman–Crippen LogP) is 2.53. The number of anilines is 1. The number of benzene rings is 1. The van der Waals surface area contributed by atoms with Crippen LogP contribution in [-0.4, -0.2) is 16.4 Å². The molecule has 3 rings (SSSR count). The van der Waals surface area contributed by atoms with Crippen LogP contribution in [0.1, 0.15) is 23.7 Å². The van der Waals surface area contributed by atoms with Crippen LogP contribution in [0.15, 0.2) is 24.4 Å². The van der Waals surface area contributed by atoms with Crippen molar-refractivity contribution in [2.45, 2.75) is 26.3 Å². The molecule has 19 heavy (non-hydrogen) atoms. The number of aryl methyl sites for hydroxylation is 2. The summed E-state index contributed by atoms with van der Waals surface area (Å²) in [6.07, 6.45) is 4.01. The number of fused-ring (bicyclic) bond motifs is 1. The fraction of sp³-hybridized carbons (Fsp3) is 0.400. The number of hydrogen-bond donors (Lipinski definition) is 1. The van der Waals surface area contributed by atoms with Crippen molar-refractivity contribution in [1.82, 2.24) is 9.78 Å². The van der Waals surface area contributed by atoms with Crippen LogP contribution in [0.3, 0.4) is 0 Å². The topological polar surface area (TPSA) is 39.1 Å². The van der Waals surface area contributed by atoms with E-state index in [1.807, 2.05) is 17.9 Å². The van der Waals surface area contributed by atoms with Crippen LogP contribution >= 0.6 is 0 Å². The number of nitrogens with one attached hydrogen (secondary N) is 1. The fourth-order valence-electron chi connectivity index (χ4n) is 2.49. The van der Waals surface area contributed by atoms with Gasteiger partial charge in [0.15, 0.2) is 0 Å². The number of ether oxygens (including phenoxy) is 1. The quantitative estimate of drug-likeness (QED) is 0.914. The van der Waals surface area contributed by atoms with E-state index in [9.17, 15) is 0 Å². The number of aromatic nitrogens is 2. The van der Waals surface area contributed by atoms with Crippen LogP contribution < -0.4 is 10.1 Å². The Morgan fingerprint density at radius 2 is 2.32 bits per heavy atom. The third kappa shape index (κ3) is 2.43. The molecule has 2 aromatic rings. The van der Waals surface area contributed by atoms with E-state index in [0.717, 1.165) is 43.1 Å². The van der Waals surface area contributed by atoms with Crippen molar-refractivity contribution in [3.63, 3.8) is 0 Å². The van der Waals surface area contributed by atoms with Crippen LogP contribution in [0.4, 0.5) is 5.69 Å². The van der Waals surface area contributed by atoms with Crippen LogP contribution in [-0.2, 0) is 26.4 Å². The van der Waals surface area contributed by atoms with Crippen molar-refractivity contribution in [2.75, 3.05) is 11.9 Å². The van der Waals surface area contributed by atoms with Gasteiger partial charge in [0.25, 0.3) is 0 Å². The molecule has 1 aliphatic rings. The molecule has 0 saturated carbocycles. The summed E-state index contributed by atoms with van der Waals surface area (Å²) in [7, 11) is 1.96. The molecule has 1 N–H and O–H groups in total. The monoisotopic (exact) mass is 257 g/mol. The van der Waals surface area contributed by atoms with E-state index in [0.29, 0.717) is 0 Å². The maximum Gasteiger partial charge on any atom is 0.122 e. The minimum Gasteiger partial charge on any atom is -0.493 e. The normalized spacial score (nSPS) is 13.2. The Hall–Kier alpha value is -1.97. The summed E-state index contributed by atoms with van der Waals surface area (Å²) >= 11 is 0. The lowest BCUT2D eigenvalue weighted by molar-refractivity contribution is 0.357. The first-order valence-corrected chi connectivity index (χ1v) is 6.77. The molecule has 0 spiro atoms. The van der Waals surface area contributed by atoms with Gasteiger partial charge in [0.2, 0.25) is 0 Å². The average Bonchev–Trinajstić information content (AvgIpc) is 3.01. The molecule has 4 nitrogen and oxygen atoms in total. The maximum absolute atomic E-state index is 5.52. The summed E-state index contributed by atoms with van der Waals surface area (Å²) in [4.78, 5) is 0. The lowest BCUT2D eigenvalue weighted by Crippen LogP contribution is -2.01. The second-order valence-corrected chi connectivity index (χ2v) is 4.91. The third-order valence-electron chi connectivity index (χ3n) is 3.48. The molecular formula is C15H19N3O. The first-order chi connectivity index (χ1) is 9.26. The standard InChI is InChI=1S/C15H19N3O/c1-3-13-14(10-18(2)17-13)16-9-11-4-5-15-12(8-11)6-7-19-15/h4-5,8,10,16H,3,6-7,9H2,1-2H3. The zero-order valence-corrected chi connectivity index (χ0v) is 11.4. The Bertz CT molecular complexity index is 589. The molecule has 1 aromatic carbocycles. The first-order valence-electron chi connectivity index (χ1n) is 6.77. The third-order valence-corrected chi connectivity index (χ3v) is 3.48. The van der Waals surface area contributed by atoms with Crippen molar-refractivity contribution in [3.8, 4) is 5.75 Å². The molecule has 1 aliphatic heterocycles. The van der Waals surface area contributed by atoms with Gasteiger partial charge < -0.3 is 10.1 Å². The van der Waals surface area contributed by atoms with E-state index in [2.05, 4.69) is 35.5 Å². The largest absolute Gasteiger partial charge is 0.493 e. The van der Waals surface area contributed by atoms with Gasteiger partial charge in [-0.05, 0) is 23.6 Å². The smallest absolute Gasteiger partial charge is 0.122 e. The van der Waals surface area contributed by atoms with Gasteiger partial charge in [0.1, 0.15) is 5.75 Å². The predicted molar refractivity (Wildman–Crippen MR) is 75.6 cm³/mol. The Morgan fingerprint density at radius 1 is 1.42 bits per heavy atom. The molecule has 0 aliphatic carbocycles. The molecule has 0 amide bonds. The van der Waals surface area contributed by atoms with Gasteiger partial charge in [-0.2, -0.15) is 5.10 Å². The van der Waals surface area contributed by atoms with Crippen molar-refractivity contribution < 1.29 is 4.74 Å². The molecule has 1 aromatic heterocycles. The zero-order chi connectivity index (χ0) is 13.2. The highest BCUT2D eigenvalue weighted by Crippen LogP contribution is 2.26. The van der Waals surface area contributed by atoms with Gasteiger partial charge in [0, 0.05) is 26.2 Å². The van der Waals surface area contributed by atoms with Gasteiger partial charge >= 0.3 is 0 Å². The summed E-state index contributed by atoms with van der Waals surface area (Å²) < 4.78 is 7.38. The van der Waals surface area contributed by atoms with E-state index in [1.165, 1.54) is 11.1 Å². The Labute approximate surface area is 113 Å². The molecule has 0 saturated heterocycles. The van der Waals surface area contributed by atoms with Crippen LogP contribution in [0.5, 0.6) is 5.75 Å². The van der Waals surface area contributed by atoms with E-state index >= 15 is 0 Å². The molecule has 2 heterocycles. The molecule has 0 fully saturated rings. The highest BCUT2D eigenvalue weighted by atomic mass is 16.5. The fourth-order valence-corrected chi connectivity index (χ4v) is 2.49. The lowest BCUT2D eigenvalue weighted by Gasteiger charge is -2.07. The molecule has 0 radical (unpaired) electrons. The van der Waals surface area contributed by atoms with E-state index in [1.54, 1.807) is 0 Å². The SMILES string of the molecule is CCc1nn(C)cc1NCc1ccc2c(c1)CCO2. The molecule has 100 valence electrons. The van der Waals surface area contributed by atoms with Gasteiger partial charge in [-0.25, -0.2) is 0 Å². The van der Waals surface area contributed by atoms with Crippen molar-refractivity contribution in [1.29, 1.82) is 0 Å². The maximum atomic E-state index is 5.52. The van der Waals surface area contributed by atoms with Gasteiger partial charge in [0.05, 0.1) is 18.0 Å². The van der Waals surface area contributed by atoms with Crippen molar-refractivity contribution >= 4 is 5.69 Å². The van der Waals surface area contributed by atoms with Gasteiger partial charge in [-0.3, -0.25) is 4.68 Å². The van der Waals surface area contributed by atoms with Crippen LogP contribution in [0.25, 0.3) is 0 Å². The number of hydrogen-bond acceptors (Lipinski definition) is 3. The van der Waals surface area contributed by atoms with Crippen LogP contribution in [0.2, 0.25) is 0 Å². The Morgan fingerprint density at radius 3 is 3.16 bits per heavy atom. The molecule has 0 unspecified atom stereocenters. The summed E-state index contributed by atoms with van der Waals surface area (Å²) in [5.74, 6) is 1.04. The summed E-state index contributed by atoms with van der Waals surface area (Å²) in [5.41, 5.74) is 4.85. The van der Waals surface area contributed by atoms with E-state index in [4.69, 9.17) is 4.74 Å². The van der Waals surface area contributed by atoms with Crippen molar-refractivity contribution in [3.05, 3.63) is 41.2 Å². The number of nitrogens with zero attached hydrogens (tertiary/aromatic N) is 2. The van der Waals surface area contributed by atoms with Crippen LogP contribution in [0, 0.1) is 0 Å². The summed E-state index contributed by atoms with van der Waals surface area (Å²) in [5, 5.41) is 7.90. The minimum absolute atomic E-state index is 0.814. The first kappa shape index (κ1) is 12.1. The lowest BCUT2D eigenvalue weighted by atomic mass is 10.1. The molecule has 0 bridgehead atoms. The second kappa shape index (κ2) is 4.96. The Balaban J connectivity index is 1.72. The zero-order valence-electron chi connectivity index (χ0n) is 11.4. The second-order valence-electron chi connectivity index (χ2n) is 4.91. The average molecular weight is 257 g/mol. The highest BCUT2D eigenvalue weighted by molar-refractivity contribution is 5.48. The van der Waals surface area contributed by atoms with Crippen molar-refractivity contribution in [2.24, 2.45) is 7.05 Å².